The molecule has 1 aliphatic heterocycles. The fourth-order valence-corrected chi connectivity index (χ4v) is 4.91. The van der Waals surface area contributed by atoms with Gasteiger partial charge in [-0.2, -0.15) is 0 Å². The summed E-state index contributed by atoms with van der Waals surface area (Å²) in [6.07, 6.45) is 4.19. The lowest BCUT2D eigenvalue weighted by Gasteiger charge is -2.43. The quantitative estimate of drug-likeness (QED) is 0.656. The van der Waals surface area contributed by atoms with E-state index < -0.39 is 14.1 Å². The number of rotatable bonds is 8. The van der Waals surface area contributed by atoms with E-state index in [1.165, 1.54) is 6.42 Å². The standard InChI is InChI=1S/C19H38O4Si/c1-17(2,3)24(6,7)23-16(19(5)21-11-12-22-19)13-15-14-18(15,4)9-8-10-20/h15-16,20H,8-14H2,1-7H3/t15-,16+,18+/m1/s1. The van der Waals surface area contributed by atoms with Gasteiger partial charge in [-0.3, -0.25) is 0 Å². The predicted molar refractivity (Wildman–Crippen MR) is 99.5 cm³/mol. The molecule has 0 spiro atoms. The minimum absolute atomic E-state index is 0.0122. The normalized spacial score (nSPS) is 31.2. The van der Waals surface area contributed by atoms with Crippen molar-refractivity contribution in [1.82, 2.24) is 0 Å². The summed E-state index contributed by atoms with van der Waals surface area (Å²) < 4.78 is 18.7. The van der Waals surface area contributed by atoms with Gasteiger partial charge in [0.15, 0.2) is 14.1 Å². The summed E-state index contributed by atoms with van der Waals surface area (Å²) in [5.41, 5.74) is 0.354. The van der Waals surface area contributed by atoms with Crippen molar-refractivity contribution in [1.29, 1.82) is 0 Å². The van der Waals surface area contributed by atoms with Gasteiger partial charge in [-0.15, -0.1) is 0 Å². The van der Waals surface area contributed by atoms with E-state index in [9.17, 15) is 0 Å². The molecule has 5 heteroatoms. The maximum atomic E-state index is 9.12. The Balaban J connectivity index is 2.08. The highest BCUT2D eigenvalue weighted by atomic mass is 28.4. The highest BCUT2D eigenvalue weighted by molar-refractivity contribution is 6.74. The molecule has 0 bridgehead atoms. The van der Waals surface area contributed by atoms with Crippen LogP contribution in [0, 0.1) is 11.3 Å². The predicted octanol–water partition coefficient (Wildman–Crippen LogP) is 4.33. The van der Waals surface area contributed by atoms with Crippen molar-refractivity contribution in [2.45, 2.75) is 90.3 Å². The molecule has 0 aromatic carbocycles. The molecule has 0 aromatic rings. The first-order chi connectivity index (χ1) is 10.9. The molecule has 0 unspecified atom stereocenters. The monoisotopic (exact) mass is 358 g/mol. The summed E-state index contributed by atoms with van der Waals surface area (Å²) in [7, 11) is -1.89. The molecule has 1 saturated heterocycles. The van der Waals surface area contributed by atoms with Gasteiger partial charge in [0.1, 0.15) is 0 Å². The third-order valence-electron chi connectivity index (χ3n) is 6.63. The van der Waals surface area contributed by atoms with E-state index in [4.69, 9.17) is 19.0 Å². The van der Waals surface area contributed by atoms with Gasteiger partial charge in [0.05, 0.1) is 19.3 Å². The summed E-state index contributed by atoms with van der Waals surface area (Å²) in [6.45, 7) is 17.4. The minimum Gasteiger partial charge on any atom is -0.408 e. The maximum absolute atomic E-state index is 9.12. The summed E-state index contributed by atoms with van der Waals surface area (Å²) in [5.74, 6) is 0.0270. The van der Waals surface area contributed by atoms with Gasteiger partial charge >= 0.3 is 0 Å². The zero-order chi connectivity index (χ0) is 18.2. The first-order valence-corrected chi connectivity index (χ1v) is 12.4. The molecule has 142 valence electrons. The highest BCUT2D eigenvalue weighted by Crippen LogP contribution is 2.59. The van der Waals surface area contributed by atoms with Crippen LogP contribution in [0.15, 0.2) is 0 Å². The van der Waals surface area contributed by atoms with Gasteiger partial charge in [0.25, 0.3) is 0 Å². The molecule has 3 atom stereocenters. The second-order valence-electron chi connectivity index (χ2n) is 9.70. The fraction of sp³-hybridized carbons (Fsp3) is 1.00. The van der Waals surface area contributed by atoms with Gasteiger partial charge in [-0.1, -0.05) is 27.7 Å². The van der Waals surface area contributed by atoms with Gasteiger partial charge in [0, 0.05) is 6.61 Å². The van der Waals surface area contributed by atoms with Crippen molar-refractivity contribution in [3.05, 3.63) is 0 Å². The molecule has 4 nitrogen and oxygen atoms in total. The van der Waals surface area contributed by atoms with Crippen LogP contribution in [0.1, 0.15) is 60.3 Å². The summed E-state index contributed by atoms with van der Waals surface area (Å²) in [6, 6.07) is 0. The molecule has 1 aliphatic carbocycles. The smallest absolute Gasteiger partial charge is 0.192 e. The third kappa shape index (κ3) is 4.42. The minimum atomic E-state index is -1.89. The van der Waals surface area contributed by atoms with E-state index in [0.717, 1.165) is 19.3 Å². The number of hydrogen-bond donors (Lipinski definition) is 1. The molecule has 2 rings (SSSR count). The first-order valence-electron chi connectivity index (χ1n) is 9.50. The van der Waals surface area contributed by atoms with Crippen molar-refractivity contribution in [2.75, 3.05) is 19.8 Å². The van der Waals surface area contributed by atoms with Crippen molar-refractivity contribution < 1.29 is 19.0 Å². The number of hydrogen-bond acceptors (Lipinski definition) is 4. The maximum Gasteiger partial charge on any atom is 0.192 e. The van der Waals surface area contributed by atoms with Crippen LogP contribution in [0.4, 0.5) is 0 Å². The van der Waals surface area contributed by atoms with Gasteiger partial charge in [0.2, 0.25) is 0 Å². The molecule has 1 N–H and O–H groups in total. The van der Waals surface area contributed by atoms with Gasteiger partial charge in [-0.05, 0) is 62.1 Å². The summed E-state index contributed by atoms with van der Waals surface area (Å²) in [4.78, 5) is 0. The van der Waals surface area contributed by atoms with E-state index in [-0.39, 0.29) is 17.7 Å². The highest BCUT2D eigenvalue weighted by Gasteiger charge is 2.54. The fourth-order valence-electron chi connectivity index (χ4n) is 3.54. The molecule has 0 amide bonds. The number of aliphatic hydroxyl groups is 1. The Kier molecular flexibility index (Phi) is 5.93. The third-order valence-corrected chi connectivity index (χ3v) is 11.1. The van der Waals surface area contributed by atoms with Crippen LogP contribution < -0.4 is 0 Å². The SMILES string of the molecule is CC1([C@H](C[C@@H]2C[C@]2(C)CCCO)O[Si](C)(C)C(C)(C)C)OCCO1. The second kappa shape index (κ2) is 6.99. The van der Waals surface area contributed by atoms with Crippen LogP contribution in [0.25, 0.3) is 0 Å². The van der Waals surface area contributed by atoms with Crippen molar-refractivity contribution in [3.63, 3.8) is 0 Å². The molecule has 0 radical (unpaired) electrons. The van der Waals surface area contributed by atoms with Gasteiger partial charge in [-0.25, -0.2) is 0 Å². The molecular formula is C19H38O4Si. The van der Waals surface area contributed by atoms with E-state index in [1.807, 2.05) is 6.92 Å². The average molecular weight is 359 g/mol. The van der Waals surface area contributed by atoms with Crippen LogP contribution in [-0.2, 0) is 13.9 Å². The molecule has 2 aliphatic rings. The number of aliphatic hydroxyl groups excluding tert-OH is 1. The van der Waals surface area contributed by atoms with Gasteiger partial charge < -0.3 is 19.0 Å². The lowest BCUT2D eigenvalue weighted by atomic mass is 9.95. The van der Waals surface area contributed by atoms with Crippen LogP contribution in [0.2, 0.25) is 18.1 Å². The Morgan fingerprint density at radius 3 is 2.29 bits per heavy atom. The summed E-state index contributed by atoms with van der Waals surface area (Å²) >= 11 is 0. The lowest BCUT2D eigenvalue weighted by molar-refractivity contribution is -0.205. The molecule has 24 heavy (non-hydrogen) atoms. The lowest BCUT2D eigenvalue weighted by Crippen LogP contribution is -2.52. The topological polar surface area (TPSA) is 47.9 Å². The van der Waals surface area contributed by atoms with Crippen LogP contribution in [0.3, 0.4) is 0 Å². The van der Waals surface area contributed by atoms with Crippen molar-refractivity contribution in [2.24, 2.45) is 11.3 Å². The van der Waals surface area contributed by atoms with Crippen LogP contribution in [0.5, 0.6) is 0 Å². The molecule has 1 saturated carbocycles. The van der Waals surface area contributed by atoms with Crippen LogP contribution >= 0.6 is 0 Å². The Morgan fingerprint density at radius 2 is 1.79 bits per heavy atom. The van der Waals surface area contributed by atoms with Crippen molar-refractivity contribution in [3.8, 4) is 0 Å². The Labute approximate surface area is 149 Å². The Morgan fingerprint density at radius 1 is 1.21 bits per heavy atom. The van der Waals surface area contributed by atoms with Crippen molar-refractivity contribution >= 4 is 8.32 Å². The molecule has 2 fully saturated rings. The Hall–Kier alpha value is 0.0569. The first kappa shape index (κ1) is 20.4. The summed E-state index contributed by atoms with van der Waals surface area (Å²) in [5, 5.41) is 9.29. The zero-order valence-corrected chi connectivity index (χ0v) is 17.8. The average Bonchev–Trinajstić information content (AvgIpc) is 2.87. The zero-order valence-electron chi connectivity index (χ0n) is 16.8. The van der Waals surface area contributed by atoms with E-state index in [1.54, 1.807) is 0 Å². The largest absolute Gasteiger partial charge is 0.408 e. The molecule has 0 aromatic heterocycles. The Bertz CT molecular complexity index is 426. The second-order valence-corrected chi connectivity index (χ2v) is 14.5. The van der Waals surface area contributed by atoms with E-state index in [0.29, 0.717) is 24.5 Å². The van der Waals surface area contributed by atoms with E-state index >= 15 is 0 Å². The molecule has 1 heterocycles. The number of ether oxygens (including phenoxy) is 2. The van der Waals surface area contributed by atoms with Crippen LogP contribution in [-0.4, -0.2) is 45.1 Å². The van der Waals surface area contributed by atoms with E-state index in [2.05, 4.69) is 40.8 Å². The molecular weight excluding hydrogens is 320 g/mol.